The minimum Gasteiger partial charge on any atom is -0.508 e. The number of hydrogen-bond acceptors (Lipinski definition) is 5. The molecule has 112 valence electrons. The topological polar surface area (TPSA) is 79.9 Å². The van der Waals surface area contributed by atoms with E-state index in [1.54, 1.807) is 19.1 Å². The summed E-state index contributed by atoms with van der Waals surface area (Å²) in [6, 6.07) is 11.8. The Morgan fingerprint density at radius 3 is 2.59 bits per heavy atom. The van der Waals surface area contributed by atoms with Crippen LogP contribution in [0.15, 0.2) is 51.7 Å². The van der Waals surface area contributed by atoms with Gasteiger partial charge < -0.3 is 19.4 Å². The van der Waals surface area contributed by atoms with E-state index in [9.17, 15) is 15.0 Å². The van der Waals surface area contributed by atoms with E-state index in [1.165, 1.54) is 12.1 Å². The molecule has 0 aliphatic heterocycles. The van der Waals surface area contributed by atoms with Crippen molar-refractivity contribution in [2.75, 3.05) is 0 Å². The quantitative estimate of drug-likeness (QED) is 0.726. The number of phenolic OH excluding ortho intramolecular Hbond substituents is 1. The number of benzene rings is 2. The van der Waals surface area contributed by atoms with E-state index in [1.807, 2.05) is 18.2 Å². The molecule has 1 heterocycles. The number of para-hydroxylation sites is 1. The van der Waals surface area contributed by atoms with Gasteiger partial charge in [-0.1, -0.05) is 18.2 Å². The van der Waals surface area contributed by atoms with Gasteiger partial charge in [-0.05, 0) is 30.7 Å². The number of aromatic hydroxyl groups is 2. The Balaban J connectivity index is 2.05. The molecule has 0 saturated carbocycles. The van der Waals surface area contributed by atoms with Crippen LogP contribution in [-0.2, 0) is 6.61 Å². The summed E-state index contributed by atoms with van der Waals surface area (Å²) in [4.78, 5) is 12.0. The molecule has 0 bridgehead atoms. The summed E-state index contributed by atoms with van der Waals surface area (Å²) in [5.74, 6) is 0.379. The standard InChI is InChI=1S/C17H14O5/c1-10-7-11(18)8-14-15(10)16(19)13(17(20)22-14)9-21-12-5-3-2-4-6-12/h2-8,18-19H,9H2,1H3. The molecule has 5 heteroatoms. The van der Waals surface area contributed by atoms with Crippen LogP contribution in [0.5, 0.6) is 17.2 Å². The van der Waals surface area contributed by atoms with Crippen LogP contribution in [0.1, 0.15) is 11.1 Å². The molecule has 0 radical (unpaired) electrons. The van der Waals surface area contributed by atoms with Crippen LogP contribution in [0.2, 0.25) is 0 Å². The van der Waals surface area contributed by atoms with Gasteiger partial charge in [-0.2, -0.15) is 0 Å². The number of fused-ring (bicyclic) bond motifs is 1. The molecule has 3 rings (SSSR count). The second-order valence-electron chi connectivity index (χ2n) is 4.95. The Kier molecular flexibility index (Phi) is 3.47. The SMILES string of the molecule is Cc1cc(O)cc2oc(=O)c(COc3ccccc3)c(O)c12. The van der Waals surface area contributed by atoms with E-state index in [0.717, 1.165) is 0 Å². The first-order valence-electron chi connectivity index (χ1n) is 6.72. The third kappa shape index (κ3) is 2.48. The van der Waals surface area contributed by atoms with Crippen molar-refractivity contribution in [1.82, 2.24) is 0 Å². The third-order valence-electron chi connectivity index (χ3n) is 3.38. The van der Waals surface area contributed by atoms with Gasteiger partial charge >= 0.3 is 5.63 Å². The van der Waals surface area contributed by atoms with Crippen LogP contribution in [0, 0.1) is 6.92 Å². The summed E-state index contributed by atoms with van der Waals surface area (Å²) in [6.07, 6.45) is 0. The van der Waals surface area contributed by atoms with Crippen molar-refractivity contribution in [3.8, 4) is 17.2 Å². The largest absolute Gasteiger partial charge is 0.508 e. The molecule has 0 atom stereocenters. The molecule has 0 unspecified atom stereocenters. The summed E-state index contributed by atoms with van der Waals surface area (Å²) in [5, 5.41) is 20.3. The van der Waals surface area contributed by atoms with E-state index >= 15 is 0 Å². The first-order valence-corrected chi connectivity index (χ1v) is 6.72. The van der Waals surface area contributed by atoms with Gasteiger partial charge in [-0.15, -0.1) is 0 Å². The van der Waals surface area contributed by atoms with Crippen molar-refractivity contribution in [2.45, 2.75) is 13.5 Å². The summed E-state index contributed by atoms with van der Waals surface area (Å²) in [6.45, 7) is 1.61. The maximum atomic E-state index is 12.0. The van der Waals surface area contributed by atoms with Gasteiger partial charge in [0, 0.05) is 6.07 Å². The molecule has 5 nitrogen and oxygen atoms in total. The van der Waals surface area contributed by atoms with Gasteiger partial charge in [0.1, 0.15) is 35.0 Å². The van der Waals surface area contributed by atoms with E-state index in [-0.39, 0.29) is 29.3 Å². The number of phenols is 1. The predicted molar refractivity (Wildman–Crippen MR) is 81.3 cm³/mol. The Morgan fingerprint density at radius 2 is 1.86 bits per heavy atom. The van der Waals surface area contributed by atoms with Gasteiger partial charge in [-0.25, -0.2) is 4.79 Å². The van der Waals surface area contributed by atoms with Crippen molar-refractivity contribution >= 4 is 11.0 Å². The Morgan fingerprint density at radius 1 is 1.14 bits per heavy atom. The Bertz CT molecular complexity index is 881. The summed E-state index contributed by atoms with van der Waals surface area (Å²) in [5.41, 5.74) is 0.108. The van der Waals surface area contributed by atoms with Crippen molar-refractivity contribution in [1.29, 1.82) is 0 Å². The average Bonchev–Trinajstić information content (AvgIpc) is 2.47. The molecule has 0 spiro atoms. The summed E-state index contributed by atoms with van der Waals surface area (Å²) < 4.78 is 10.7. The molecule has 0 fully saturated rings. The zero-order valence-electron chi connectivity index (χ0n) is 11.9. The molecule has 0 saturated heterocycles. The van der Waals surface area contributed by atoms with E-state index in [2.05, 4.69) is 0 Å². The molecule has 22 heavy (non-hydrogen) atoms. The van der Waals surface area contributed by atoms with Gasteiger partial charge in [-0.3, -0.25) is 0 Å². The minimum atomic E-state index is -0.689. The van der Waals surface area contributed by atoms with Crippen LogP contribution in [-0.4, -0.2) is 10.2 Å². The van der Waals surface area contributed by atoms with E-state index in [4.69, 9.17) is 9.15 Å². The van der Waals surface area contributed by atoms with Crippen LogP contribution in [0.3, 0.4) is 0 Å². The smallest absolute Gasteiger partial charge is 0.346 e. The van der Waals surface area contributed by atoms with Crippen molar-refractivity contribution in [2.24, 2.45) is 0 Å². The van der Waals surface area contributed by atoms with Crippen LogP contribution < -0.4 is 10.4 Å². The maximum absolute atomic E-state index is 12.0. The van der Waals surface area contributed by atoms with E-state index in [0.29, 0.717) is 16.7 Å². The molecule has 0 aliphatic rings. The zero-order valence-corrected chi connectivity index (χ0v) is 11.9. The van der Waals surface area contributed by atoms with Crippen LogP contribution in [0.25, 0.3) is 11.0 Å². The summed E-state index contributed by atoms with van der Waals surface area (Å²) >= 11 is 0. The summed E-state index contributed by atoms with van der Waals surface area (Å²) in [7, 11) is 0. The molecule has 2 N–H and O–H groups in total. The number of hydrogen-bond donors (Lipinski definition) is 2. The monoisotopic (exact) mass is 298 g/mol. The Labute approximate surface area is 126 Å². The number of rotatable bonds is 3. The zero-order chi connectivity index (χ0) is 15.7. The van der Waals surface area contributed by atoms with Gasteiger partial charge in [0.25, 0.3) is 0 Å². The van der Waals surface area contributed by atoms with Gasteiger partial charge in [0.2, 0.25) is 0 Å². The van der Waals surface area contributed by atoms with Crippen molar-refractivity contribution < 1.29 is 19.4 Å². The molecule has 2 aromatic carbocycles. The van der Waals surface area contributed by atoms with Gasteiger partial charge in [0.05, 0.1) is 5.39 Å². The normalized spacial score (nSPS) is 10.8. The highest BCUT2D eigenvalue weighted by Gasteiger charge is 2.17. The lowest BCUT2D eigenvalue weighted by Crippen LogP contribution is -2.11. The molecule has 1 aromatic heterocycles. The molecular formula is C17H14O5. The van der Waals surface area contributed by atoms with Crippen molar-refractivity contribution in [3.05, 3.63) is 64.0 Å². The first kappa shape index (κ1) is 14.0. The lowest BCUT2D eigenvalue weighted by Gasteiger charge is -2.10. The van der Waals surface area contributed by atoms with Crippen LogP contribution in [0.4, 0.5) is 0 Å². The second kappa shape index (κ2) is 5.44. The molecule has 0 amide bonds. The fourth-order valence-electron chi connectivity index (χ4n) is 2.33. The number of ether oxygens (including phenoxy) is 1. The fourth-order valence-corrected chi connectivity index (χ4v) is 2.33. The highest BCUT2D eigenvalue weighted by atomic mass is 16.5. The van der Waals surface area contributed by atoms with E-state index < -0.39 is 5.63 Å². The van der Waals surface area contributed by atoms with Gasteiger partial charge in [0.15, 0.2) is 0 Å². The highest BCUT2D eigenvalue weighted by Crippen LogP contribution is 2.32. The third-order valence-corrected chi connectivity index (χ3v) is 3.38. The molecular weight excluding hydrogens is 284 g/mol. The molecule has 0 aliphatic carbocycles. The van der Waals surface area contributed by atoms with Crippen LogP contribution >= 0.6 is 0 Å². The maximum Gasteiger partial charge on any atom is 0.346 e. The highest BCUT2D eigenvalue weighted by molar-refractivity contribution is 5.88. The average molecular weight is 298 g/mol. The predicted octanol–water partition coefficient (Wildman–Crippen LogP) is 3.09. The van der Waals surface area contributed by atoms with Crippen molar-refractivity contribution in [3.63, 3.8) is 0 Å². The lowest BCUT2D eigenvalue weighted by molar-refractivity contribution is 0.292. The number of aryl methyl sites for hydroxylation is 1. The molecule has 3 aromatic rings. The Hall–Kier alpha value is -2.95. The first-order chi connectivity index (χ1) is 10.6. The lowest BCUT2D eigenvalue weighted by atomic mass is 10.1. The minimum absolute atomic E-state index is 0.0270. The second-order valence-corrected chi connectivity index (χ2v) is 4.95. The fraction of sp³-hybridized carbons (Fsp3) is 0.118.